The SMILES string of the molecule is C1=CC2Oc3c(-c4ccccc4N(c4ccc(-c5ccc6c(c5)sc5ccccc56)cc4)c4cccc(-c5cccc(-c6ccc7ccc(-c8cccc9c8oc8c(-c%10ccccc%10N(c%10ccc(-c%11ccccc%11-c%11cccc%12ccccc%11%12)cc%10)c%10ccc%11c(c%10)oc%10ccccc%10%11)cccc89)cc7c6)c5)c4)cccc3C2C=C1. The Morgan fingerprint density at radius 1 is 0.241 bits per heavy atom. The van der Waals surface area contributed by atoms with Crippen molar-refractivity contribution in [2.75, 3.05) is 9.80 Å². The summed E-state index contributed by atoms with van der Waals surface area (Å²) in [6.45, 7) is 0. The van der Waals surface area contributed by atoms with Crippen molar-refractivity contribution in [3.8, 4) is 94.8 Å². The maximum Gasteiger partial charge on any atom is 0.143 e. The second kappa shape index (κ2) is 27.5. The maximum absolute atomic E-state index is 7.39. The zero-order valence-electron chi connectivity index (χ0n) is 62.9. The fraction of sp³-hybridized carbons (Fsp3) is 0.0182. The molecule has 0 spiro atoms. The van der Waals surface area contributed by atoms with Gasteiger partial charge in [-0.05, 0) is 186 Å². The monoisotopic (exact) mass is 1500 g/mol. The van der Waals surface area contributed by atoms with E-state index in [2.05, 4.69) is 410 Å². The molecular weight excluding hydrogens is 1430 g/mol. The van der Waals surface area contributed by atoms with Gasteiger partial charge in [0.2, 0.25) is 0 Å². The summed E-state index contributed by atoms with van der Waals surface area (Å²) < 4.78 is 23.5. The molecule has 21 aromatic rings. The minimum Gasteiger partial charge on any atom is -0.484 e. The maximum atomic E-state index is 7.39. The number of fused-ring (bicyclic) bond motifs is 14. The Morgan fingerprint density at radius 3 is 1.54 bits per heavy atom. The minimum absolute atomic E-state index is 0.0384. The van der Waals surface area contributed by atoms with Crippen molar-refractivity contribution in [3.63, 3.8) is 0 Å². The molecule has 18 aromatic carbocycles. The number of nitrogens with zero attached hydrogens (tertiary/aromatic N) is 2. The van der Waals surface area contributed by atoms with E-state index >= 15 is 0 Å². The molecule has 0 radical (unpaired) electrons. The molecule has 4 heterocycles. The zero-order valence-corrected chi connectivity index (χ0v) is 63.8. The molecule has 3 aromatic heterocycles. The van der Waals surface area contributed by atoms with Gasteiger partial charge in [-0.15, -0.1) is 11.3 Å². The van der Waals surface area contributed by atoms with E-state index in [0.29, 0.717) is 0 Å². The van der Waals surface area contributed by atoms with Crippen molar-refractivity contribution in [1.82, 2.24) is 0 Å². The summed E-state index contributed by atoms with van der Waals surface area (Å²) in [6, 6.07) is 142. The lowest BCUT2D eigenvalue weighted by atomic mass is 9.90. The molecule has 23 rings (SSSR count). The van der Waals surface area contributed by atoms with E-state index < -0.39 is 0 Å². The Bertz CT molecular complexity index is 7600. The first kappa shape index (κ1) is 66.9. The van der Waals surface area contributed by atoms with Gasteiger partial charge in [-0.25, -0.2) is 0 Å². The van der Waals surface area contributed by atoms with Gasteiger partial charge in [-0.3, -0.25) is 0 Å². The molecule has 5 nitrogen and oxygen atoms in total. The Morgan fingerprint density at radius 2 is 0.741 bits per heavy atom. The van der Waals surface area contributed by atoms with E-state index in [1.165, 1.54) is 64.3 Å². The molecule has 0 bridgehead atoms. The Labute approximate surface area is 674 Å². The highest BCUT2D eigenvalue weighted by Crippen LogP contribution is 2.53. The second-order valence-corrected chi connectivity index (χ2v) is 31.5. The second-order valence-electron chi connectivity index (χ2n) is 30.4. The number of ether oxygens (including phenoxy) is 1. The third kappa shape index (κ3) is 11.4. The van der Waals surface area contributed by atoms with Crippen molar-refractivity contribution in [1.29, 1.82) is 0 Å². The molecule has 2 aliphatic rings. The molecule has 6 heteroatoms. The van der Waals surface area contributed by atoms with Crippen molar-refractivity contribution >= 4 is 131 Å². The summed E-state index contributed by atoms with van der Waals surface area (Å²) in [5, 5.41) is 11.6. The lowest BCUT2D eigenvalue weighted by Crippen LogP contribution is -2.15. The van der Waals surface area contributed by atoms with Crippen LogP contribution in [-0.4, -0.2) is 6.10 Å². The van der Waals surface area contributed by atoms with E-state index in [1.54, 1.807) is 0 Å². The first-order valence-corrected chi connectivity index (χ1v) is 40.5. The molecule has 0 fully saturated rings. The quantitative estimate of drug-likeness (QED) is 0.109. The van der Waals surface area contributed by atoms with Gasteiger partial charge in [0.1, 0.15) is 34.2 Å². The lowest BCUT2D eigenvalue weighted by molar-refractivity contribution is 0.270. The molecule has 1 aliphatic heterocycles. The van der Waals surface area contributed by atoms with Gasteiger partial charge in [0, 0.05) is 110 Å². The molecular formula is C110H70N2O3S. The van der Waals surface area contributed by atoms with Crippen LogP contribution in [0.4, 0.5) is 34.1 Å². The van der Waals surface area contributed by atoms with Crippen LogP contribution in [0.25, 0.3) is 175 Å². The van der Waals surface area contributed by atoms with Crippen molar-refractivity contribution in [2.24, 2.45) is 0 Å². The van der Waals surface area contributed by atoms with Crippen molar-refractivity contribution < 1.29 is 13.6 Å². The summed E-state index contributed by atoms with van der Waals surface area (Å²) in [5.74, 6) is 1.11. The molecule has 1 aliphatic carbocycles. The highest BCUT2D eigenvalue weighted by molar-refractivity contribution is 7.25. The Hall–Kier alpha value is -14.8. The molecule has 0 N–H and O–H groups in total. The van der Waals surface area contributed by atoms with Gasteiger partial charge in [-0.1, -0.05) is 303 Å². The summed E-state index contributed by atoms with van der Waals surface area (Å²) >= 11 is 1.86. The fourth-order valence-corrected chi connectivity index (χ4v) is 19.4. The highest BCUT2D eigenvalue weighted by atomic mass is 32.1. The topological polar surface area (TPSA) is 42.0 Å². The average molecular weight is 1500 g/mol. The number of benzene rings is 18. The predicted octanol–water partition coefficient (Wildman–Crippen LogP) is 31.4. The Kier molecular flexibility index (Phi) is 15.9. The zero-order chi connectivity index (χ0) is 76.3. The van der Waals surface area contributed by atoms with Gasteiger partial charge < -0.3 is 23.4 Å². The van der Waals surface area contributed by atoms with Gasteiger partial charge in [0.05, 0.1) is 11.4 Å². The largest absolute Gasteiger partial charge is 0.484 e. The van der Waals surface area contributed by atoms with Crippen LogP contribution in [0, 0.1) is 0 Å². The number of rotatable bonds is 14. The summed E-state index contributed by atoms with van der Waals surface area (Å²) in [4.78, 5) is 4.78. The molecule has 0 saturated heterocycles. The van der Waals surface area contributed by atoms with E-state index in [0.717, 1.165) is 156 Å². The van der Waals surface area contributed by atoms with Gasteiger partial charge in [-0.2, -0.15) is 0 Å². The van der Waals surface area contributed by atoms with E-state index in [4.69, 9.17) is 13.6 Å². The smallest absolute Gasteiger partial charge is 0.143 e. The first-order chi connectivity index (χ1) is 57.5. The van der Waals surface area contributed by atoms with E-state index in [-0.39, 0.29) is 12.0 Å². The van der Waals surface area contributed by atoms with Crippen molar-refractivity contribution in [2.45, 2.75) is 12.0 Å². The third-order valence-corrected chi connectivity index (χ3v) is 25.0. The van der Waals surface area contributed by atoms with Gasteiger partial charge in [0.25, 0.3) is 0 Å². The van der Waals surface area contributed by atoms with Gasteiger partial charge >= 0.3 is 0 Å². The number of allylic oxidation sites excluding steroid dienone is 2. The number of anilines is 6. The number of para-hydroxylation sites is 6. The summed E-state index contributed by atoms with van der Waals surface area (Å²) in [6.07, 6.45) is 8.65. The van der Waals surface area contributed by atoms with Crippen LogP contribution in [0.15, 0.2) is 421 Å². The minimum atomic E-state index is -0.0384. The van der Waals surface area contributed by atoms with Crippen LogP contribution in [0.3, 0.4) is 0 Å². The van der Waals surface area contributed by atoms with Gasteiger partial charge in [0.15, 0.2) is 0 Å². The number of thiophene rings is 1. The Balaban J connectivity index is 0.588. The molecule has 0 amide bonds. The van der Waals surface area contributed by atoms with Crippen LogP contribution in [0.1, 0.15) is 11.5 Å². The van der Waals surface area contributed by atoms with E-state index in [1.807, 2.05) is 23.5 Å². The molecule has 2 atom stereocenters. The predicted molar refractivity (Wildman–Crippen MR) is 487 cm³/mol. The summed E-state index contributed by atoms with van der Waals surface area (Å²) in [5.41, 5.74) is 28.5. The number of hydrogen-bond donors (Lipinski definition) is 0. The van der Waals surface area contributed by atoms with Crippen LogP contribution >= 0.6 is 11.3 Å². The normalized spacial score (nSPS) is 13.7. The van der Waals surface area contributed by atoms with Crippen LogP contribution < -0.4 is 14.5 Å². The average Bonchev–Trinajstić information content (AvgIpc) is 1.59. The van der Waals surface area contributed by atoms with Crippen LogP contribution in [0.5, 0.6) is 5.75 Å². The number of furan rings is 2. The van der Waals surface area contributed by atoms with Crippen LogP contribution in [-0.2, 0) is 0 Å². The summed E-state index contributed by atoms with van der Waals surface area (Å²) in [7, 11) is 0. The standard InChI is InChI=1S/C110H70N2O3S/c1-2-27-84-71(21-1)22-17-36-88(84)87-29-4-3-28-85(87)72-53-58-81(59-54-72)112(83-60-62-93-91-32-7-12-44-103(91)113-105(93)68-83)102-43-11-6-31-90(102)97-38-20-41-100-99-40-18-35-86(108(99)115-110(97)100)78-50-48-70-47-49-76(64-79(70)65-78)74-24-15-23-73(63-74)75-25-16-26-82(66-75)111(80-56-51-69(52-57-80)77-55-61-95-94-34-9-14-46-106(94)116-107(95)67-77)101-42-10-5-30-89(101)96-37-19-39-98-92-33-8-13-45-104(92)114-109(96)98/h1-68,92,104H. The molecule has 2 unspecified atom stereocenters. The molecule has 0 saturated carbocycles. The molecule has 116 heavy (non-hydrogen) atoms. The molecule has 544 valence electrons. The lowest BCUT2D eigenvalue weighted by Gasteiger charge is -2.29. The van der Waals surface area contributed by atoms with Crippen LogP contribution in [0.2, 0.25) is 0 Å². The van der Waals surface area contributed by atoms with E-state index in [9.17, 15) is 0 Å². The third-order valence-electron chi connectivity index (χ3n) is 23.8. The highest BCUT2D eigenvalue weighted by Gasteiger charge is 2.35. The fourth-order valence-electron chi connectivity index (χ4n) is 18.3. The van der Waals surface area contributed by atoms with Crippen molar-refractivity contribution in [3.05, 3.63) is 418 Å². The number of hydrogen-bond acceptors (Lipinski definition) is 6. The first-order valence-electron chi connectivity index (χ1n) is 39.7.